The van der Waals surface area contributed by atoms with Crippen LogP contribution in [0.25, 0.3) is 0 Å². The number of carbonyl (C=O) groups excluding carboxylic acids is 4. The third kappa shape index (κ3) is 10.7. The summed E-state index contributed by atoms with van der Waals surface area (Å²) >= 11 is 0. The molecule has 0 bridgehead atoms. The van der Waals surface area contributed by atoms with Gasteiger partial charge in [-0.05, 0) is 34.0 Å². The number of nitrogens with one attached hydrogen (secondary N) is 5. The molecule has 5 amide bonds. The minimum atomic E-state index is -3.54. The Bertz CT molecular complexity index is 1270. The molecule has 0 radical (unpaired) electrons. The molecule has 0 unspecified atom stereocenters. The first-order valence-electron chi connectivity index (χ1n) is 16.0. The van der Waals surface area contributed by atoms with Gasteiger partial charge in [0.05, 0.1) is 18.9 Å². The van der Waals surface area contributed by atoms with Crippen molar-refractivity contribution < 1.29 is 41.5 Å². The van der Waals surface area contributed by atoms with Crippen LogP contribution in [0.4, 0.5) is 13.6 Å². The fraction of sp³-hybridized carbons (Fsp3) is 0.871. The average Bonchev–Trinajstić information content (AvgIpc) is 3.22. The average molecular weight is 695 g/mol. The van der Waals surface area contributed by atoms with E-state index in [1.165, 1.54) is 4.90 Å². The molecule has 6 N–H and O–H groups in total. The molecule has 1 aliphatic heterocycles. The Balaban J connectivity index is 2.34. The van der Waals surface area contributed by atoms with Crippen molar-refractivity contribution >= 4 is 33.8 Å². The number of aliphatic hydroxyl groups excluding tert-OH is 1. The Morgan fingerprint density at radius 3 is 1.98 bits per heavy atom. The highest BCUT2D eigenvalue weighted by Gasteiger charge is 2.70. The van der Waals surface area contributed by atoms with Crippen molar-refractivity contribution in [2.75, 3.05) is 26.0 Å². The number of likely N-dealkylation sites (tertiary alicyclic amines) is 1. The second-order valence-electron chi connectivity index (χ2n) is 16.1. The summed E-state index contributed by atoms with van der Waals surface area (Å²) in [5.41, 5.74) is -1.73. The molecule has 0 aromatic carbocycles. The fourth-order valence-electron chi connectivity index (χ4n) is 6.14. The molecule has 1 aliphatic carbocycles. The number of amides is 5. The number of sulfonamides is 1. The topological polar surface area (TPSA) is 186 Å². The van der Waals surface area contributed by atoms with E-state index in [2.05, 4.69) is 26.0 Å². The van der Waals surface area contributed by atoms with Crippen LogP contribution >= 0.6 is 0 Å². The summed E-state index contributed by atoms with van der Waals surface area (Å²) in [5.74, 6) is -2.73. The lowest BCUT2D eigenvalue weighted by Crippen LogP contribution is -2.63. The Hall–Kier alpha value is -2.59. The van der Waals surface area contributed by atoms with Crippen LogP contribution in [-0.2, 0) is 24.4 Å². The van der Waals surface area contributed by atoms with Crippen LogP contribution in [0.2, 0.25) is 0 Å². The van der Waals surface area contributed by atoms with Crippen LogP contribution in [0.5, 0.6) is 0 Å². The van der Waals surface area contributed by atoms with Gasteiger partial charge in [0.2, 0.25) is 34.2 Å². The van der Waals surface area contributed by atoms with E-state index >= 15 is 0 Å². The highest BCUT2D eigenvalue weighted by molar-refractivity contribution is 7.88. The predicted octanol–water partition coefficient (Wildman–Crippen LogP) is 1.42. The first-order chi connectivity index (χ1) is 21.2. The van der Waals surface area contributed by atoms with E-state index in [4.69, 9.17) is 0 Å². The van der Waals surface area contributed by atoms with Crippen molar-refractivity contribution in [2.24, 2.45) is 34.0 Å². The lowest BCUT2D eigenvalue weighted by Gasteiger charge is -2.38. The molecule has 16 heteroatoms. The van der Waals surface area contributed by atoms with Gasteiger partial charge in [-0.25, -0.2) is 26.7 Å². The molecule has 13 nitrogen and oxygen atoms in total. The Morgan fingerprint density at radius 1 is 0.957 bits per heavy atom. The first kappa shape index (κ1) is 40.6. The van der Waals surface area contributed by atoms with Crippen LogP contribution in [0.15, 0.2) is 0 Å². The highest BCUT2D eigenvalue weighted by atomic mass is 32.2. The summed E-state index contributed by atoms with van der Waals surface area (Å²) in [6.07, 6.45) is -2.86. The van der Waals surface area contributed by atoms with Gasteiger partial charge >= 0.3 is 6.03 Å². The summed E-state index contributed by atoms with van der Waals surface area (Å²) in [6.45, 7) is 17.8. The van der Waals surface area contributed by atoms with Crippen molar-refractivity contribution in [3.63, 3.8) is 0 Å². The summed E-state index contributed by atoms with van der Waals surface area (Å²) in [4.78, 5) is 55.7. The van der Waals surface area contributed by atoms with Crippen LogP contribution in [0.1, 0.15) is 75.7 Å². The minimum Gasteiger partial charge on any atom is -0.394 e. The van der Waals surface area contributed by atoms with Crippen molar-refractivity contribution in [1.82, 2.24) is 30.9 Å². The zero-order valence-corrected chi connectivity index (χ0v) is 30.3. The molecule has 2 rings (SSSR count). The lowest BCUT2D eigenvalue weighted by atomic mass is 9.85. The molecule has 47 heavy (non-hydrogen) atoms. The Labute approximate surface area is 278 Å². The van der Waals surface area contributed by atoms with Crippen molar-refractivity contribution in [2.45, 2.75) is 112 Å². The number of rotatable bonds is 14. The number of nitrogens with zero attached hydrogens (tertiary/aromatic N) is 1. The summed E-state index contributed by atoms with van der Waals surface area (Å²) in [5, 5.41) is 20.1. The Kier molecular flexibility index (Phi) is 12.9. The molecule has 0 spiro atoms. The zero-order valence-electron chi connectivity index (χ0n) is 29.5. The van der Waals surface area contributed by atoms with Gasteiger partial charge in [-0.3, -0.25) is 14.4 Å². The lowest BCUT2D eigenvalue weighted by molar-refractivity contribution is -0.144. The van der Waals surface area contributed by atoms with Gasteiger partial charge in [0.15, 0.2) is 0 Å². The van der Waals surface area contributed by atoms with Gasteiger partial charge in [0, 0.05) is 25.6 Å². The third-order valence-electron chi connectivity index (χ3n) is 9.42. The van der Waals surface area contributed by atoms with Crippen LogP contribution < -0.4 is 26.0 Å². The van der Waals surface area contributed by atoms with Gasteiger partial charge in [-0.1, -0.05) is 69.2 Å². The maximum Gasteiger partial charge on any atom is 0.315 e. The number of urea groups is 1. The van der Waals surface area contributed by atoms with E-state index in [0.29, 0.717) is 0 Å². The van der Waals surface area contributed by atoms with E-state index in [9.17, 15) is 41.5 Å². The summed E-state index contributed by atoms with van der Waals surface area (Å²) in [6, 6.07) is -5.88. The van der Waals surface area contributed by atoms with Crippen LogP contribution in [0, 0.1) is 34.0 Å². The van der Waals surface area contributed by atoms with Crippen LogP contribution in [-0.4, -0.2) is 105 Å². The smallest absolute Gasteiger partial charge is 0.315 e. The van der Waals surface area contributed by atoms with E-state index in [0.717, 1.165) is 6.26 Å². The van der Waals surface area contributed by atoms with Crippen LogP contribution in [0.3, 0.4) is 0 Å². The molecule has 2 fully saturated rings. The number of hydrogen-bond donors (Lipinski definition) is 6. The molecule has 272 valence electrons. The number of carbonyl (C=O) groups is 4. The van der Waals surface area contributed by atoms with E-state index in [1.54, 1.807) is 34.6 Å². The standard InChI is InChI=1S/C31H56F2N6O7S/c1-16(2)19(15-40)36-25(41)18(12-21(32)33)35-26(42)23-22-17(31(22,9)10)14-39(23)27(43)24(30(6,7)8)38-28(44)37-20(29(3,4)5)13-34-47(11,45)46/h16-24,34,40H,12-15H2,1-11H3,(H,35,42)(H,36,41)(H2,37,38,44)/t17-,18-,19+,20+,22-,23-,24+/m0/s1. The van der Waals surface area contributed by atoms with Gasteiger partial charge in [0.25, 0.3) is 0 Å². The molecule has 1 saturated carbocycles. The SMILES string of the molecule is CC(C)[C@@H](CO)NC(=O)[C@H](CC(F)F)NC(=O)[C@@H]1[C@@H]2[C@H](CN1C(=O)[C@@H](NC(=O)N[C@H](CNS(C)(=O)=O)C(C)(C)C)C(C)(C)C)C2(C)C. The molecule has 2 aliphatic rings. The van der Waals surface area contributed by atoms with Gasteiger partial charge in [-0.15, -0.1) is 0 Å². The molecule has 0 aromatic heterocycles. The fourth-order valence-corrected chi connectivity index (χ4v) is 6.61. The van der Waals surface area contributed by atoms with Gasteiger partial charge < -0.3 is 31.3 Å². The number of halogens is 2. The molecule has 1 saturated heterocycles. The second kappa shape index (κ2) is 14.9. The number of hydrogen-bond acceptors (Lipinski definition) is 7. The van der Waals surface area contributed by atoms with Gasteiger partial charge in [-0.2, -0.15) is 0 Å². The summed E-state index contributed by atoms with van der Waals surface area (Å²) in [7, 11) is -3.54. The van der Waals surface area contributed by atoms with Crippen molar-refractivity contribution in [3.8, 4) is 0 Å². The maximum atomic E-state index is 14.2. The summed E-state index contributed by atoms with van der Waals surface area (Å²) < 4.78 is 52.9. The minimum absolute atomic E-state index is 0.0638. The van der Waals surface area contributed by atoms with Crippen molar-refractivity contribution in [3.05, 3.63) is 0 Å². The molecule has 7 atom stereocenters. The third-order valence-corrected chi connectivity index (χ3v) is 10.1. The molecular formula is C31H56F2N6O7S. The molecule has 1 heterocycles. The molecular weight excluding hydrogens is 638 g/mol. The number of piperidine rings is 1. The molecule has 0 aromatic rings. The number of fused-ring (bicyclic) bond motifs is 1. The van der Waals surface area contributed by atoms with Crippen molar-refractivity contribution in [1.29, 1.82) is 0 Å². The van der Waals surface area contributed by atoms with E-state index < -0.39 is 94.3 Å². The number of aliphatic hydroxyl groups is 1. The number of alkyl halides is 2. The second-order valence-corrected chi connectivity index (χ2v) is 17.9. The highest BCUT2D eigenvalue weighted by Crippen LogP contribution is 2.65. The van der Waals surface area contributed by atoms with E-state index in [1.807, 2.05) is 34.6 Å². The predicted molar refractivity (Wildman–Crippen MR) is 174 cm³/mol. The first-order valence-corrected chi connectivity index (χ1v) is 17.9. The quantitative estimate of drug-likeness (QED) is 0.159. The zero-order chi connectivity index (χ0) is 36.4. The Morgan fingerprint density at radius 2 is 1.53 bits per heavy atom. The monoisotopic (exact) mass is 694 g/mol. The normalized spacial score (nSPS) is 23.4. The maximum absolute atomic E-state index is 14.2. The van der Waals surface area contributed by atoms with E-state index in [-0.39, 0.29) is 36.3 Å². The van der Waals surface area contributed by atoms with Gasteiger partial charge in [0.1, 0.15) is 18.1 Å². The largest absolute Gasteiger partial charge is 0.394 e.